The molecule has 1 aliphatic carbocycles. The van der Waals surface area contributed by atoms with Crippen LogP contribution in [-0.4, -0.2) is 38.6 Å². The van der Waals surface area contributed by atoms with E-state index in [1.54, 1.807) is 0 Å². The predicted octanol–water partition coefficient (Wildman–Crippen LogP) is 2.54. The molecule has 1 aromatic carbocycles. The van der Waals surface area contributed by atoms with Gasteiger partial charge in [0, 0.05) is 51.4 Å². The van der Waals surface area contributed by atoms with Crippen LogP contribution >= 0.6 is 0 Å². The molecule has 132 valence electrons. The zero-order chi connectivity index (χ0) is 17.7. The number of aromatic nitrogens is 1. The topological polar surface area (TPSA) is 52.6 Å². The van der Waals surface area contributed by atoms with Crippen LogP contribution in [0.3, 0.4) is 0 Å². The van der Waals surface area contributed by atoms with Gasteiger partial charge >= 0.3 is 0 Å². The van der Waals surface area contributed by atoms with E-state index in [1.807, 2.05) is 38.3 Å². The van der Waals surface area contributed by atoms with Gasteiger partial charge in [-0.15, -0.1) is 0 Å². The molecule has 1 heterocycles. The second-order valence-corrected chi connectivity index (χ2v) is 6.81. The fourth-order valence-electron chi connectivity index (χ4n) is 3.13. The van der Waals surface area contributed by atoms with E-state index in [-0.39, 0.29) is 5.41 Å². The monoisotopic (exact) mass is 337 g/mol. The standard InChI is InChI=1S/C20H27N5/c1-21-19(23-14-16-8-7-13-22-18(16)25(2)3)24-15-20(11-12-20)17-9-5-4-6-10-17/h4-10,13H,11-12,14-15H2,1-3H3,(H2,21,23,24). The van der Waals surface area contributed by atoms with Crippen LogP contribution in [0.4, 0.5) is 5.82 Å². The van der Waals surface area contributed by atoms with Crippen molar-refractivity contribution in [1.82, 2.24) is 15.6 Å². The molecule has 0 radical (unpaired) electrons. The molecule has 0 bridgehead atoms. The van der Waals surface area contributed by atoms with Crippen molar-refractivity contribution in [3.63, 3.8) is 0 Å². The SMILES string of the molecule is CN=C(NCc1cccnc1N(C)C)NCC1(c2ccccc2)CC1. The lowest BCUT2D eigenvalue weighted by Gasteiger charge is -2.20. The van der Waals surface area contributed by atoms with Gasteiger partial charge < -0.3 is 15.5 Å². The van der Waals surface area contributed by atoms with Gasteiger partial charge in [0.15, 0.2) is 5.96 Å². The Morgan fingerprint density at radius 3 is 2.52 bits per heavy atom. The summed E-state index contributed by atoms with van der Waals surface area (Å²) < 4.78 is 0. The summed E-state index contributed by atoms with van der Waals surface area (Å²) in [5.41, 5.74) is 2.84. The molecule has 1 aromatic heterocycles. The van der Waals surface area contributed by atoms with Gasteiger partial charge in [0.2, 0.25) is 0 Å². The van der Waals surface area contributed by atoms with Crippen molar-refractivity contribution in [2.45, 2.75) is 24.8 Å². The second-order valence-electron chi connectivity index (χ2n) is 6.81. The van der Waals surface area contributed by atoms with Gasteiger partial charge in [-0.25, -0.2) is 4.98 Å². The molecule has 0 amide bonds. The number of nitrogens with zero attached hydrogens (tertiary/aromatic N) is 3. The van der Waals surface area contributed by atoms with Crippen molar-refractivity contribution in [2.24, 2.45) is 4.99 Å². The van der Waals surface area contributed by atoms with Crippen LogP contribution in [0.5, 0.6) is 0 Å². The number of guanidine groups is 1. The van der Waals surface area contributed by atoms with Crippen molar-refractivity contribution in [3.8, 4) is 0 Å². The second kappa shape index (κ2) is 7.55. The lowest BCUT2D eigenvalue weighted by atomic mass is 9.96. The van der Waals surface area contributed by atoms with Gasteiger partial charge in [-0.2, -0.15) is 0 Å². The van der Waals surface area contributed by atoms with Gasteiger partial charge in [-0.05, 0) is 24.5 Å². The molecule has 2 aromatic rings. The summed E-state index contributed by atoms with van der Waals surface area (Å²) in [4.78, 5) is 10.8. The highest BCUT2D eigenvalue weighted by Gasteiger charge is 2.43. The Morgan fingerprint density at radius 2 is 1.88 bits per heavy atom. The molecule has 5 heteroatoms. The average Bonchev–Trinajstić information content (AvgIpc) is 3.44. The van der Waals surface area contributed by atoms with Gasteiger partial charge in [-0.3, -0.25) is 4.99 Å². The van der Waals surface area contributed by atoms with Crippen LogP contribution in [-0.2, 0) is 12.0 Å². The third-order valence-electron chi connectivity index (χ3n) is 4.79. The predicted molar refractivity (Wildman–Crippen MR) is 104 cm³/mol. The minimum Gasteiger partial charge on any atom is -0.362 e. The molecule has 25 heavy (non-hydrogen) atoms. The number of benzene rings is 1. The minimum absolute atomic E-state index is 0.266. The van der Waals surface area contributed by atoms with Crippen LogP contribution in [0.2, 0.25) is 0 Å². The Balaban J connectivity index is 1.58. The summed E-state index contributed by atoms with van der Waals surface area (Å²) in [6.45, 7) is 1.60. The molecular formula is C20H27N5. The zero-order valence-corrected chi connectivity index (χ0v) is 15.3. The summed E-state index contributed by atoms with van der Waals surface area (Å²) in [6.07, 6.45) is 4.28. The van der Waals surface area contributed by atoms with Crippen LogP contribution in [0.25, 0.3) is 0 Å². The van der Waals surface area contributed by atoms with Crippen LogP contribution in [0.1, 0.15) is 24.0 Å². The number of pyridine rings is 1. The van der Waals surface area contributed by atoms with Crippen LogP contribution in [0, 0.1) is 0 Å². The molecule has 2 N–H and O–H groups in total. The van der Waals surface area contributed by atoms with Crippen molar-refractivity contribution in [3.05, 3.63) is 59.8 Å². The quantitative estimate of drug-likeness (QED) is 0.628. The van der Waals surface area contributed by atoms with Crippen molar-refractivity contribution in [1.29, 1.82) is 0 Å². The van der Waals surface area contributed by atoms with E-state index in [0.717, 1.165) is 23.9 Å². The highest BCUT2D eigenvalue weighted by Crippen LogP contribution is 2.47. The van der Waals surface area contributed by atoms with Crippen LogP contribution in [0.15, 0.2) is 53.7 Å². The molecule has 1 aliphatic rings. The molecule has 0 spiro atoms. The van der Waals surface area contributed by atoms with E-state index in [9.17, 15) is 0 Å². The number of hydrogen-bond donors (Lipinski definition) is 2. The highest BCUT2D eigenvalue weighted by atomic mass is 15.2. The summed E-state index contributed by atoms with van der Waals surface area (Å²) in [6, 6.07) is 14.8. The first kappa shape index (κ1) is 17.3. The molecule has 0 saturated heterocycles. The Hall–Kier alpha value is -2.56. The molecule has 0 aliphatic heterocycles. The molecule has 1 saturated carbocycles. The van der Waals surface area contributed by atoms with E-state index in [2.05, 4.69) is 57.0 Å². The fraction of sp³-hybridized carbons (Fsp3) is 0.400. The van der Waals surface area contributed by atoms with Gasteiger partial charge in [-0.1, -0.05) is 36.4 Å². The lowest BCUT2D eigenvalue weighted by Crippen LogP contribution is -2.41. The minimum atomic E-state index is 0.266. The first-order chi connectivity index (χ1) is 12.1. The van der Waals surface area contributed by atoms with E-state index >= 15 is 0 Å². The Morgan fingerprint density at radius 1 is 1.12 bits per heavy atom. The molecule has 0 unspecified atom stereocenters. The van der Waals surface area contributed by atoms with E-state index in [0.29, 0.717) is 6.54 Å². The number of anilines is 1. The Kier molecular flexibility index (Phi) is 5.22. The summed E-state index contributed by atoms with van der Waals surface area (Å²) >= 11 is 0. The third kappa shape index (κ3) is 4.10. The van der Waals surface area contributed by atoms with E-state index in [4.69, 9.17) is 0 Å². The van der Waals surface area contributed by atoms with Crippen molar-refractivity contribution < 1.29 is 0 Å². The van der Waals surface area contributed by atoms with E-state index in [1.165, 1.54) is 18.4 Å². The number of hydrogen-bond acceptors (Lipinski definition) is 3. The van der Waals surface area contributed by atoms with Crippen molar-refractivity contribution in [2.75, 3.05) is 32.6 Å². The molecule has 1 fully saturated rings. The highest BCUT2D eigenvalue weighted by molar-refractivity contribution is 5.80. The van der Waals surface area contributed by atoms with Crippen molar-refractivity contribution >= 4 is 11.8 Å². The normalized spacial score (nSPS) is 15.6. The molecule has 3 rings (SSSR count). The number of rotatable bonds is 6. The first-order valence-corrected chi connectivity index (χ1v) is 8.76. The summed E-state index contributed by atoms with van der Waals surface area (Å²) in [5.74, 6) is 1.81. The van der Waals surface area contributed by atoms with Gasteiger partial charge in [0.25, 0.3) is 0 Å². The largest absolute Gasteiger partial charge is 0.362 e. The van der Waals surface area contributed by atoms with Gasteiger partial charge in [0.1, 0.15) is 5.82 Å². The Bertz CT molecular complexity index is 720. The maximum Gasteiger partial charge on any atom is 0.191 e. The third-order valence-corrected chi connectivity index (χ3v) is 4.79. The smallest absolute Gasteiger partial charge is 0.191 e. The summed E-state index contributed by atoms with van der Waals surface area (Å²) in [7, 11) is 5.83. The van der Waals surface area contributed by atoms with Gasteiger partial charge in [0.05, 0.1) is 0 Å². The number of nitrogens with one attached hydrogen (secondary N) is 2. The molecule has 0 atom stereocenters. The van der Waals surface area contributed by atoms with Crippen LogP contribution < -0.4 is 15.5 Å². The average molecular weight is 337 g/mol. The number of aliphatic imine (C=N–C) groups is 1. The zero-order valence-electron chi connectivity index (χ0n) is 15.3. The maximum absolute atomic E-state index is 4.44. The first-order valence-electron chi connectivity index (χ1n) is 8.76. The molecular weight excluding hydrogens is 310 g/mol. The fourth-order valence-corrected chi connectivity index (χ4v) is 3.13. The van der Waals surface area contributed by atoms with E-state index < -0.39 is 0 Å². The lowest BCUT2D eigenvalue weighted by molar-refractivity contribution is 0.645. The maximum atomic E-state index is 4.44. The summed E-state index contributed by atoms with van der Waals surface area (Å²) in [5, 5.41) is 6.90. The Labute approximate surface area is 150 Å². The molecule has 5 nitrogen and oxygen atoms in total.